The molecule has 1 fully saturated rings. The van der Waals surface area contributed by atoms with Crippen molar-refractivity contribution in [3.63, 3.8) is 0 Å². The normalized spacial score (nSPS) is 14.1. The molecule has 1 aromatic heterocycles. The van der Waals surface area contributed by atoms with Crippen molar-refractivity contribution in [2.45, 2.75) is 32.6 Å². The summed E-state index contributed by atoms with van der Waals surface area (Å²) in [5, 5.41) is 9.91. The van der Waals surface area contributed by atoms with Crippen LogP contribution in [0.2, 0.25) is 0 Å². The number of nitrogens with one attached hydrogen (secondary N) is 2. The van der Waals surface area contributed by atoms with E-state index in [1.54, 1.807) is 11.3 Å². The predicted molar refractivity (Wildman–Crippen MR) is 127 cm³/mol. The average Bonchev–Trinajstić information content (AvgIpc) is 3.35. The van der Waals surface area contributed by atoms with E-state index in [4.69, 9.17) is 4.98 Å². The number of benzene rings is 1. The van der Waals surface area contributed by atoms with E-state index in [2.05, 4.69) is 32.8 Å². The molecule has 5 nitrogen and oxygen atoms in total. The summed E-state index contributed by atoms with van der Waals surface area (Å²) in [4.78, 5) is 11.8. The molecule has 2 N–H and O–H groups in total. The Morgan fingerprint density at radius 3 is 2.64 bits per heavy atom. The van der Waals surface area contributed by atoms with Gasteiger partial charge in [0.1, 0.15) is 5.82 Å². The zero-order chi connectivity index (χ0) is 18.9. The minimum atomic E-state index is -0.198. The molecule has 0 saturated carbocycles. The Hall–Kier alpha value is -1.42. The lowest BCUT2D eigenvalue weighted by molar-refractivity contribution is 0.626. The largest absolute Gasteiger partial charge is 0.357 e. The predicted octanol–water partition coefficient (Wildman–Crippen LogP) is 3.84. The Balaban J connectivity index is 0.00000280. The zero-order valence-electron chi connectivity index (χ0n) is 16.3. The van der Waals surface area contributed by atoms with Gasteiger partial charge in [-0.05, 0) is 43.9 Å². The first-order valence-electron chi connectivity index (χ1n) is 9.70. The molecule has 2 aromatic rings. The molecule has 1 aromatic carbocycles. The van der Waals surface area contributed by atoms with Crippen LogP contribution in [0.3, 0.4) is 0 Å². The Morgan fingerprint density at radius 1 is 1.18 bits per heavy atom. The second-order valence-corrected chi connectivity index (χ2v) is 7.47. The third kappa shape index (κ3) is 7.20. The maximum Gasteiger partial charge on any atom is 0.191 e. The summed E-state index contributed by atoms with van der Waals surface area (Å²) in [7, 11) is 0. The number of rotatable bonds is 8. The number of halogens is 2. The number of anilines is 1. The molecule has 0 radical (unpaired) electrons. The van der Waals surface area contributed by atoms with Gasteiger partial charge < -0.3 is 15.5 Å². The van der Waals surface area contributed by atoms with Crippen LogP contribution in [0.1, 0.15) is 31.0 Å². The van der Waals surface area contributed by atoms with E-state index in [0.29, 0.717) is 6.54 Å². The highest BCUT2D eigenvalue weighted by atomic mass is 127. The quantitative estimate of drug-likeness (QED) is 0.318. The molecule has 154 valence electrons. The second-order valence-electron chi connectivity index (χ2n) is 6.63. The number of aliphatic imine (C=N–C) groups is 1. The highest BCUT2D eigenvalue weighted by Crippen LogP contribution is 2.24. The van der Waals surface area contributed by atoms with E-state index in [0.717, 1.165) is 61.4 Å². The third-order valence-electron chi connectivity index (χ3n) is 4.52. The van der Waals surface area contributed by atoms with E-state index in [-0.39, 0.29) is 29.8 Å². The minimum Gasteiger partial charge on any atom is -0.357 e. The van der Waals surface area contributed by atoms with E-state index in [9.17, 15) is 4.39 Å². The fourth-order valence-electron chi connectivity index (χ4n) is 3.07. The molecule has 0 spiro atoms. The van der Waals surface area contributed by atoms with Crippen molar-refractivity contribution in [2.75, 3.05) is 37.6 Å². The highest BCUT2D eigenvalue weighted by molar-refractivity contribution is 14.0. The van der Waals surface area contributed by atoms with Crippen molar-refractivity contribution in [1.29, 1.82) is 0 Å². The average molecular weight is 517 g/mol. The van der Waals surface area contributed by atoms with Gasteiger partial charge in [0.2, 0.25) is 0 Å². The fraction of sp³-hybridized carbons (Fsp3) is 0.500. The molecule has 1 aliphatic heterocycles. The molecule has 3 rings (SSSR count). The first kappa shape index (κ1) is 22.9. The van der Waals surface area contributed by atoms with Gasteiger partial charge >= 0.3 is 0 Å². The van der Waals surface area contributed by atoms with Gasteiger partial charge in [0.05, 0.1) is 5.69 Å². The molecule has 2 heterocycles. The van der Waals surface area contributed by atoms with Crippen LogP contribution in [0.15, 0.2) is 34.6 Å². The molecule has 8 heteroatoms. The Kier molecular flexibility index (Phi) is 9.97. The van der Waals surface area contributed by atoms with Crippen LogP contribution in [0, 0.1) is 5.82 Å². The van der Waals surface area contributed by atoms with E-state index < -0.39 is 0 Å². The molecule has 0 atom stereocenters. The van der Waals surface area contributed by atoms with Gasteiger partial charge in [-0.2, -0.15) is 0 Å². The lowest BCUT2D eigenvalue weighted by atomic mass is 10.1. The Morgan fingerprint density at radius 2 is 1.93 bits per heavy atom. The van der Waals surface area contributed by atoms with Crippen molar-refractivity contribution in [3.05, 3.63) is 46.7 Å². The molecule has 0 unspecified atom stereocenters. The van der Waals surface area contributed by atoms with Gasteiger partial charge in [-0.25, -0.2) is 9.37 Å². The van der Waals surface area contributed by atoms with Crippen molar-refractivity contribution < 1.29 is 4.39 Å². The minimum absolute atomic E-state index is 0. The molecule has 0 bridgehead atoms. The standard InChI is InChI=1S/C20H28FN5S.HI/c1-2-22-19(23-11-9-16-5-7-17(21)8-6-16)24-12-10-18-15-27-20(25-18)26-13-3-4-14-26;/h5-8,15H,2-4,9-14H2,1H3,(H2,22,23,24);1H. The molecule has 1 saturated heterocycles. The number of hydrogen-bond acceptors (Lipinski definition) is 4. The van der Waals surface area contributed by atoms with Crippen molar-refractivity contribution >= 4 is 46.4 Å². The van der Waals surface area contributed by atoms with Crippen LogP contribution >= 0.6 is 35.3 Å². The van der Waals surface area contributed by atoms with Crippen LogP contribution in [-0.2, 0) is 12.8 Å². The summed E-state index contributed by atoms with van der Waals surface area (Å²) in [5.74, 6) is 0.617. The lowest BCUT2D eigenvalue weighted by Gasteiger charge is -2.12. The molecule has 1 aliphatic rings. The zero-order valence-corrected chi connectivity index (χ0v) is 19.4. The van der Waals surface area contributed by atoms with Crippen LogP contribution in [-0.4, -0.2) is 43.7 Å². The maximum atomic E-state index is 13.0. The summed E-state index contributed by atoms with van der Waals surface area (Å²) in [5.41, 5.74) is 2.23. The fourth-order valence-corrected chi connectivity index (χ4v) is 3.98. The van der Waals surface area contributed by atoms with Gasteiger partial charge in [-0.15, -0.1) is 35.3 Å². The van der Waals surface area contributed by atoms with E-state index in [1.807, 2.05) is 12.1 Å². The SMILES string of the molecule is CCNC(=NCCc1csc(N2CCCC2)n1)NCCc1ccc(F)cc1.I. The summed E-state index contributed by atoms with van der Waals surface area (Å²) < 4.78 is 13.0. The molecular formula is C20H29FIN5S. The lowest BCUT2D eigenvalue weighted by Crippen LogP contribution is -2.38. The molecule has 0 aliphatic carbocycles. The molecule has 0 amide bonds. The summed E-state index contributed by atoms with van der Waals surface area (Å²) >= 11 is 1.74. The second kappa shape index (κ2) is 12.2. The van der Waals surface area contributed by atoms with Crippen molar-refractivity contribution in [1.82, 2.24) is 15.6 Å². The van der Waals surface area contributed by atoms with Gasteiger partial charge in [0.25, 0.3) is 0 Å². The van der Waals surface area contributed by atoms with Crippen LogP contribution < -0.4 is 15.5 Å². The molecule has 28 heavy (non-hydrogen) atoms. The number of guanidine groups is 1. The number of aromatic nitrogens is 1. The maximum absolute atomic E-state index is 13.0. The van der Waals surface area contributed by atoms with E-state index in [1.165, 1.54) is 25.0 Å². The summed E-state index contributed by atoms with van der Waals surface area (Å²) in [6, 6.07) is 6.64. The first-order chi connectivity index (χ1) is 13.2. The number of nitrogens with zero attached hydrogens (tertiary/aromatic N) is 3. The molecular weight excluding hydrogens is 488 g/mol. The number of thiazole rings is 1. The Labute approximate surface area is 187 Å². The summed E-state index contributed by atoms with van der Waals surface area (Å²) in [6.45, 7) is 6.60. The monoisotopic (exact) mass is 517 g/mol. The van der Waals surface area contributed by atoms with Crippen LogP contribution in [0.25, 0.3) is 0 Å². The first-order valence-corrected chi connectivity index (χ1v) is 10.6. The van der Waals surface area contributed by atoms with Crippen LogP contribution in [0.4, 0.5) is 9.52 Å². The Bertz CT molecular complexity index is 728. The van der Waals surface area contributed by atoms with Gasteiger partial charge in [-0.3, -0.25) is 4.99 Å². The van der Waals surface area contributed by atoms with E-state index >= 15 is 0 Å². The third-order valence-corrected chi connectivity index (χ3v) is 5.47. The van der Waals surface area contributed by atoms with Crippen molar-refractivity contribution in [2.24, 2.45) is 4.99 Å². The van der Waals surface area contributed by atoms with Gasteiger partial charge in [-0.1, -0.05) is 12.1 Å². The highest BCUT2D eigenvalue weighted by Gasteiger charge is 2.15. The van der Waals surface area contributed by atoms with Gasteiger partial charge in [0.15, 0.2) is 11.1 Å². The number of hydrogen-bond donors (Lipinski definition) is 2. The summed E-state index contributed by atoms with van der Waals surface area (Å²) in [6.07, 6.45) is 4.22. The van der Waals surface area contributed by atoms with Crippen LogP contribution in [0.5, 0.6) is 0 Å². The van der Waals surface area contributed by atoms with Crippen molar-refractivity contribution in [3.8, 4) is 0 Å². The smallest absolute Gasteiger partial charge is 0.191 e. The van der Waals surface area contributed by atoms with Gasteiger partial charge in [0, 0.05) is 44.5 Å². The topological polar surface area (TPSA) is 52.6 Å².